The van der Waals surface area contributed by atoms with Crippen molar-refractivity contribution < 1.29 is 31.1 Å². The number of halogens is 6. The van der Waals surface area contributed by atoms with Crippen LogP contribution in [0.5, 0.6) is 11.5 Å². The zero-order chi connectivity index (χ0) is 25.1. The van der Waals surface area contributed by atoms with Crippen LogP contribution < -0.4 is 4.74 Å². The van der Waals surface area contributed by atoms with Gasteiger partial charge in [0.15, 0.2) is 40.7 Å². The summed E-state index contributed by atoms with van der Waals surface area (Å²) in [4.78, 5) is 0. The normalized spacial score (nSPS) is 25.0. The molecule has 1 nitrogen and oxygen atoms in total. The number of benzene rings is 2. The van der Waals surface area contributed by atoms with Crippen LogP contribution in [-0.2, 0) is 0 Å². The van der Waals surface area contributed by atoms with Gasteiger partial charge in [-0.15, -0.1) is 0 Å². The minimum atomic E-state index is -1.70. The van der Waals surface area contributed by atoms with Crippen LogP contribution in [-0.4, -0.2) is 0 Å². The molecule has 0 bridgehead atoms. The van der Waals surface area contributed by atoms with Crippen molar-refractivity contribution in [1.82, 2.24) is 0 Å². The molecule has 191 valence electrons. The second kappa shape index (κ2) is 11.3. The average molecular weight is 498 g/mol. The average Bonchev–Trinajstić information content (AvgIpc) is 2.85. The van der Waals surface area contributed by atoms with Crippen molar-refractivity contribution in [3.63, 3.8) is 0 Å². The molecule has 0 aliphatic heterocycles. The van der Waals surface area contributed by atoms with Crippen LogP contribution >= 0.6 is 0 Å². The quantitative estimate of drug-likeness (QED) is 0.210. The SMILES string of the molecule is CCCC[C@H]1CC[C@H](C2CCC(c3c(F)c(F)[c]c(F)c3Oc3cc(F)c(F)c(F)c3)CC2)CC1. The van der Waals surface area contributed by atoms with E-state index in [1.54, 1.807) is 6.07 Å². The first-order valence-corrected chi connectivity index (χ1v) is 12.7. The van der Waals surface area contributed by atoms with E-state index in [4.69, 9.17) is 4.74 Å². The zero-order valence-corrected chi connectivity index (χ0v) is 19.9. The van der Waals surface area contributed by atoms with E-state index in [0.717, 1.165) is 18.8 Å². The summed E-state index contributed by atoms with van der Waals surface area (Å²) in [5, 5.41) is 0. The molecule has 0 atom stereocenters. The predicted molar refractivity (Wildman–Crippen MR) is 121 cm³/mol. The molecule has 0 saturated heterocycles. The Morgan fingerprint density at radius 1 is 0.771 bits per heavy atom. The van der Waals surface area contributed by atoms with Crippen molar-refractivity contribution >= 4 is 0 Å². The van der Waals surface area contributed by atoms with Crippen LogP contribution in [0.2, 0.25) is 0 Å². The Bertz CT molecular complexity index is 1000. The number of hydrogen-bond acceptors (Lipinski definition) is 1. The summed E-state index contributed by atoms with van der Waals surface area (Å²) >= 11 is 0. The van der Waals surface area contributed by atoms with Crippen molar-refractivity contribution in [1.29, 1.82) is 0 Å². The largest absolute Gasteiger partial charge is 0.454 e. The topological polar surface area (TPSA) is 9.23 Å². The van der Waals surface area contributed by atoms with Gasteiger partial charge in [-0.25, -0.2) is 26.3 Å². The molecule has 4 rings (SSSR count). The van der Waals surface area contributed by atoms with Crippen molar-refractivity contribution in [3.8, 4) is 11.5 Å². The van der Waals surface area contributed by atoms with E-state index in [1.807, 2.05) is 0 Å². The fourth-order valence-electron chi connectivity index (χ4n) is 6.04. The number of unbranched alkanes of at least 4 members (excludes halogenated alkanes) is 1. The molecular formula is C28H31F6O. The molecule has 0 aromatic heterocycles. The molecule has 2 aliphatic carbocycles. The molecule has 2 aromatic rings. The lowest BCUT2D eigenvalue weighted by Gasteiger charge is -2.38. The molecule has 2 aromatic carbocycles. The van der Waals surface area contributed by atoms with Crippen molar-refractivity contribution in [2.75, 3.05) is 0 Å². The van der Waals surface area contributed by atoms with Gasteiger partial charge in [-0.2, -0.15) is 0 Å². The summed E-state index contributed by atoms with van der Waals surface area (Å²) in [6.45, 7) is 2.21. The third kappa shape index (κ3) is 5.80. The number of ether oxygens (including phenoxy) is 1. The Morgan fingerprint density at radius 2 is 1.34 bits per heavy atom. The van der Waals surface area contributed by atoms with Gasteiger partial charge >= 0.3 is 0 Å². The summed E-state index contributed by atoms with van der Waals surface area (Å²) in [5.41, 5.74) is -0.286. The summed E-state index contributed by atoms with van der Waals surface area (Å²) in [6.07, 6.45) is 11.3. The van der Waals surface area contributed by atoms with Gasteiger partial charge in [0.1, 0.15) is 5.75 Å². The first-order chi connectivity index (χ1) is 16.8. The van der Waals surface area contributed by atoms with Gasteiger partial charge in [0.25, 0.3) is 0 Å². The van der Waals surface area contributed by atoms with Crippen LogP contribution in [0.15, 0.2) is 12.1 Å². The Morgan fingerprint density at radius 3 is 1.91 bits per heavy atom. The van der Waals surface area contributed by atoms with Crippen LogP contribution in [0.3, 0.4) is 0 Å². The van der Waals surface area contributed by atoms with Crippen LogP contribution in [0.25, 0.3) is 0 Å². The summed E-state index contributed by atoms with van der Waals surface area (Å²) in [7, 11) is 0. The molecule has 0 amide bonds. The maximum absolute atomic E-state index is 14.9. The minimum Gasteiger partial charge on any atom is -0.454 e. The smallest absolute Gasteiger partial charge is 0.194 e. The first-order valence-electron chi connectivity index (χ1n) is 12.7. The van der Waals surface area contributed by atoms with E-state index in [0.29, 0.717) is 36.8 Å². The fraction of sp³-hybridized carbons (Fsp3) is 0.571. The van der Waals surface area contributed by atoms with Gasteiger partial charge in [0.05, 0.1) is 6.07 Å². The maximum atomic E-state index is 14.9. The van der Waals surface area contributed by atoms with E-state index in [9.17, 15) is 26.3 Å². The highest BCUT2D eigenvalue weighted by molar-refractivity contribution is 5.43. The van der Waals surface area contributed by atoms with E-state index >= 15 is 0 Å². The van der Waals surface area contributed by atoms with E-state index in [-0.39, 0.29) is 5.56 Å². The third-order valence-corrected chi connectivity index (χ3v) is 7.97. The second-order valence-corrected chi connectivity index (χ2v) is 10.1. The third-order valence-electron chi connectivity index (χ3n) is 7.97. The standard InChI is InChI=1S/C28H31F6O/c1-2-3-4-16-5-7-17(8-6-16)18-9-11-19(12-10-18)25-27(34)23(31)15-24(32)28(25)35-20-13-21(29)26(33)22(30)14-20/h13-14,16-19H,2-12H2,1H3/t16-,17-,18?,19?. The van der Waals surface area contributed by atoms with Crippen LogP contribution in [0.4, 0.5) is 26.3 Å². The predicted octanol–water partition coefficient (Wildman–Crippen LogP) is 9.38. The van der Waals surface area contributed by atoms with Gasteiger partial charge in [-0.05, 0) is 62.2 Å². The Kier molecular flexibility index (Phi) is 8.33. The molecule has 0 N–H and O–H groups in total. The first kappa shape index (κ1) is 25.9. The summed E-state index contributed by atoms with van der Waals surface area (Å²) in [5.74, 6) is -8.57. The zero-order valence-electron chi connectivity index (χ0n) is 19.9. The lowest BCUT2D eigenvalue weighted by atomic mass is 9.68. The fourth-order valence-corrected chi connectivity index (χ4v) is 6.04. The minimum absolute atomic E-state index is 0.286. The lowest BCUT2D eigenvalue weighted by Crippen LogP contribution is -2.26. The molecule has 1 radical (unpaired) electrons. The molecule has 2 aliphatic rings. The van der Waals surface area contributed by atoms with Crippen LogP contribution in [0.1, 0.15) is 89.0 Å². The second-order valence-electron chi connectivity index (χ2n) is 10.1. The van der Waals surface area contributed by atoms with Gasteiger partial charge in [0, 0.05) is 17.7 Å². The van der Waals surface area contributed by atoms with Gasteiger partial charge in [0.2, 0.25) is 0 Å². The maximum Gasteiger partial charge on any atom is 0.194 e. The van der Waals surface area contributed by atoms with E-state index in [1.165, 1.54) is 44.9 Å². The monoisotopic (exact) mass is 497 g/mol. The van der Waals surface area contributed by atoms with Crippen molar-refractivity contribution in [2.45, 2.75) is 83.5 Å². The van der Waals surface area contributed by atoms with Crippen molar-refractivity contribution in [3.05, 3.63) is 58.7 Å². The highest BCUT2D eigenvalue weighted by Gasteiger charge is 2.35. The highest BCUT2D eigenvalue weighted by atomic mass is 19.2. The van der Waals surface area contributed by atoms with Crippen molar-refractivity contribution in [2.24, 2.45) is 17.8 Å². The highest BCUT2D eigenvalue weighted by Crippen LogP contribution is 2.48. The molecular weight excluding hydrogens is 466 g/mol. The Hall–Kier alpha value is -2.18. The number of rotatable bonds is 7. The molecule has 0 spiro atoms. The molecule has 0 heterocycles. The molecule has 0 unspecified atom stereocenters. The molecule has 35 heavy (non-hydrogen) atoms. The van der Waals surface area contributed by atoms with Crippen LogP contribution in [0, 0.1) is 58.7 Å². The van der Waals surface area contributed by atoms with Gasteiger partial charge in [-0.1, -0.05) is 39.0 Å². The molecule has 2 saturated carbocycles. The summed E-state index contributed by atoms with van der Waals surface area (Å²) in [6, 6.07) is 2.71. The molecule has 7 heteroatoms. The Labute approximate surface area is 202 Å². The molecule has 2 fully saturated rings. The summed E-state index contributed by atoms with van der Waals surface area (Å²) < 4.78 is 89.4. The van der Waals surface area contributed by atoms with E-state index < -0.39 is 52.3 Å². The van der Waals surface area contributed by atoms with E-state index in [2.05, 4.69) is 6.92 Å². The number of hydrogen-bond donors (Lipinski definition) is 0. The van der Waals surface area contributed by atoms with Gasteiger partial charge < -0.3 is 4.74 Å². The van der Waals surface area contributed by atoms with Gasteiger partial charge in [-0.3, -0.25) is 0 Å². The Balaban J connectivity index is 1.48. The lowest BCUT2D eigenvalue weighted by molar-refractivity contribution is 0.154.